The number of hydrogen-bond donors (Lipinski definition) is 1. The monoisotopic (exact) mass is 966 g/mol. The van der Waals surface area contributed by atoms with Gasteiger partial charge in [0.1, 0.15) is 17.3 Å². The number of hydrogen-bond acceptors (Lipinski definition) is 12. The third-order valence-electron chi connectivity index (χ3n) is 13.2. The number of rotatable bonds is 10. The summed E-state index contributed by atoms with van der Waals surface area (Å²) in [6.45, 7) is 9.52. The highest BCUT2D eigenvalue weighted by Crippen LogP contribution is 2.63. The zero-order valence-corrected chi connectivity index (χ0v) is 36.4. The quantitative estimate of drug-likeness (QED) is 0.0948. The van der Waals surface area contributed by atoms with Gasteiger partial charge in [-0.3, -0.25) is 19.2 Å². The molecule has 13 nitrogen and oxygen atoms in total. The van der Waals surface area contributed by atoms with E-state index in [1.54, 1.807) is 6.92 Å². The van der Waals surface area contributed by atoms with E-state index in [1.807, 2.05) is 0 Å². The molecule has 3 aliphatic carbocycles. The van der Waals surface area contributed by atoms with Crippen molar-refractivity contribution in [3.63, 3.8) is 0 Å². The second-order valence-corrected chi connectivity index (χ2v) is 19.5. The van der Waals surface area contributed by atoms with Crippen LogP contribution in [0.15, 0.2) is 0 Å². The summed E-state index contributed by atoms with van der Waals surface area (Å²) in [6, 6.07) is 0. The lowest BCUT2D eigenvalue weighted by atomic mass is 9.60. The summed E-state index contributed by atoms with van der Waals surface area (Å²) >= 11 is 0. The van der Waals surface area contributed by atoms with Crippen LogP contribution in [0.1, 0.15) is 101 Å². The van der Waals surface area contributed by atoms with Gasteiger partial charge in [0.15, 0.2) is 0 Å². The molecule has 65 heavy (non-hydrogen) atoms. The molecule has 0 aromatic rings. The van der Waals surface area contributed by atoms with Crippen LogP contribution in [0.25, 0.3) is 0 Å². The fourth-order valence-electron chi connectivity index (χ4n) is 10.4. The fraction of sp³-hybridized carbons (Fsp3) is 0.850. The minimum atomic E-state index is -6.93. The standard InChI is InChI=1S/C40H50F12O13/c1-10-34(9,25-24(27(55)61-28(25)56)23-16(2)21-11-17(23)12-22(21)26(53)54)29(57)60-20-14-18(35(37(41,42)43,38(44,45)46)64-30(58)62-32(3,4)5)13-19(15-20)36(39(47,48)49,40(50,51)52)65-31(59)63-33(6,7)8/h16-25H,10-15H2,1-9H3,(H,53,54). The molecule has 10 atom stereocenters. The first-order valence-electron chi connectivity index (χ1n) is 20.4. The van der Waals surface area contributed by atoms with Crippen LogP contribution in [-0.4, -0.2) is 94.5 Å². The van der Waals surface area contributed by atoms with E-state index in [4.69, 9.17) is 9.47 Å². The number of carboxylic acid groups (broad SMARTS) is 1. The average Bonchev–Trinajstić information content (AvgIpc) is 3.75. The number of halogens is 12. The van der Waals surface area contributed by atoms with E-state index in [1.165, 1.54) is 6.92 Å². The van der Waals surface area contributed by atoms with Crippen LogP contribution >= 0.6 is 0 Å². The first-order valence-corrected chi connectivity index (χ1v) is 20.4. The second kappa shape index (κ2) is 17.1. The summed E-state index contributed by atoms with van der Waals surface area (Å²) in [5.74, 6) is -19.8. The Morgan fingerprint density at radius 2 is 1.05 bits per heavy atom. The van der Waals surface area contributed by atoms with Gasteiger partial charge in [-0.1, -0.05) is 13.8 Å². The Morgan fingerprint density at radius 3 is 1.38 bits per heavy atom. The minimum absolute atomic E-state index is 0.0366. The Bertz CT molecular complexity index is 1760. The first-order chi connectivity index (χ1) is 29.1. The van der Waals surface area contributed by atoms with Gasteiger partial charge in [0.25, 0.3) is 0 Å². The van der Waals surface area contributed by atoms with Gasteiger partial charge >= 0.3 is 72.1 Å². The summed E-state index contributed by atoms with van der Waals surface area (Å²) in [5, 5.41) is 9.72. The van der Waals surface area contributed by atoms with Crippen LogP contribution in [-0.2, 0) is 47.6 Å². The molecule has 0 aromatic carbocycles. The molecule has 0 amide bonds. The highest BCUT2D eigenvalue weighted by Gasteiger charge is 2.83. The normalized spacial score (nSPS) is 30.3. The molecule has 372 valence electrons. The fourth-order valence-corrected chi connectivity index (χ4v) is 10.4. The Balaban J connectivity index is 1.92. The van der Waals surface area contributed by atoms with Gasteiger partial charge in [-0.25, -0.2) is 9.59 Å². The molecule has 10 unspecified atom stereocenters. The van der Waals surface area contributed by atoms with Crippen LogP contribution in [0.5, 0.6) is 0 Å². The second-order valence-electron chi connectivity index (χ2n) is 19.5. The maximum absolute atomic E-state index is 15.2. The third-order valence-corrected chi connectivity index (χ3v) is 13.2. The lowest BCUT2D eigenvalue weighted by molar-refractivity contribution is -0.405. The van der Waals surface area contributed by atoms with Crippen LogP contribution in [0.2, 0.25) is 0 Å². The lowest BCUT2D eigenvalue weighted by Gasteiger charge is -2.50. The number of carbonyl (C=O) groups excluding carboxylic acids is 5. The molecule has 0 radical (unpaired) electrons. The molecule has 1 saturated heterocycles. The van der Waals surface area contributed by atoms with Gasteiger partial charge in [0, 0.05) is 11.8 Å². The molecular formula is C40H50F12O13. The van der Waals surface area contributed by atoms with E-state index in [0.717, 1.165) is 48.5 Å². The smallest absolute Gasteiger partial charge is 0.481 e. The highest BCUT2D eigenvalue weighted by atomic mass is 19.4. The van der Waals surface area contributed by atoms with Gasteiger partial charge in [-0.2, -0.15) is 52.7 Å². The predicted molar refractivity (Wildman–Crippen MR) is 192 cm³/mol. The number of cyclic esters (lactones) is 2. The molecule has 25 heteroatoms. The number of fused-ring (bicyclic) bond motifs is 2. The van der Waals surface area contributed by atoms with E-state index in [0.29, 0.717) is 0 Å². The van der Waals surface area contributed by atoms with Crippen molar-refractivity contribution < 1.29 is 115 Å². The van der Waals surface area contributed by atoms with Crippen LogP contribution < -0.4 is 0 Å². The summed E-state index contributed by atoms with van der Waals surface area (Å²) in [4.78, 5) is 78.6. The van der Waals surface area contributed by atoms with Crippen LogP contribution in [0.4, 0.5) is 62.3 Å². The summed E-state index contributed by atoms with van der Waals surface area (Å²) in [6.07, 6.45) is -42.6. The lowest BCUT2D eigenvalue weighted by Crippen LogP contribution is -2.69. The molecule has 0 spiro atoms. The van der Waals surface area contributed by atoms with Crippen molar-refractivity contribution in [3.8, 4) is 0 Å². The highest BCUT2D eigenvalue weighted by molar-refractivity contribution is 6.00. The topological polar surface area (TPSA) is 178 Å². The molecule has 0 aromatic heterocycles. The predicted octanol–water partition coefficient (Wildman–Crippen LogP) is 9.67. The number of carbonyl (C=O) groups is 6. The number of ether oxygens (including phenoxy) is 6. The van der Waals surface area contributed by atoms with Crippen molar-refractivity contribution in [2.24, 2.45) is 58.7 Å². The van der Waals surface area contributed by atoms with Gasteiger partial charge in [0.05, 0.1) is 23.2 Å². The van der Waals surface area contributed by atoms with E-state index in [-0.39, 0.29) is 12.8 Å². The molecule has 2 bridgehead atoms. The van der Waals surface area contributed by atoms with Crippen molar-refractivity contribution in [3.05, 3.63) is 0 Å². The van der Waals surface area contributed by atoms with Crippen LogP contribution in [0, 0.1) is 58.7 Å². The molecule has 1 aliphatic heterocycles. The minimum Gasteiger partial charge on any atom is -0.481 e. The van der Waals surface area contributed by atoms with Gasteiger partial charge in [0.2, 0.25) is 0 Å². The van der Waals surface area contributed by atoms with Crippen molar-refractivity contribution in [1.82, 2.24) is 0 Å². The summed E-state index contributed by atoms with van der Waals surface area (Å²) in [7, 11) is 0. The first kappa shape index (κ1) is 53.4. The Hall–Kier alpha value is -4.22. The van der Waals surface area contributed by atoms with Crippen molar-refractivity contribution in [2.75, 3.05) is 0 Å². The van der Waals surface area contributed by atoms with E-state index >= 15 is 52.7 Å². The number of aliphatic carboxylic acids is 1. The summed E-state index contributed by atoms with van der Waals surface area (Å²) in [5.41, 5.74) is -18.2. The van der Waals surface area contributed by atoms with E-state index < -0.39 is 174 Å². The van der Waals surface area contributed by atoms with E-state index in [9.17, 15) is 33.9 Å². The molecular weight excluding hydrogens is 916 g/mol. The number of carboxylic acids is 1. The number of alkyl halides is 12. The third kappa shape index (κ3) is 9.79. The van der Waals surface area contributed by atoms with Gasteiger partial charge in [-0.05, 0) is 111 Å². The largest absolute Gasteiger partial charge is 0.510 e. The maximum atomic E-state index is 15.2. The molecule has 1 N–H and O–H groups in total. The molecule has 4 fully saturated rings. The Morgan fingerprint density at radius 1 is 0.631 bits per heavy atom. The maximum Gasteiger partial charge on any atom is 0.510 e. The SMILES string of the molecule is CCC(C)(C(=O)OC1CC(C(OC(=O)OC(C)(C)C)(C(F)(F)F)C(F)(F)F)CC(C(OC(=O)OC(C)(C)C)(C(F)(F)F)C(F)(F)F)C1)C1C(=O)OC(=O)C1C1C2CC(C(=O)O)C(C2)C1C. The molecule has 3 saturated carbocycles. The van der Waals surface area contributed by atoms with Crippen LogP contribution in [0.3, 0.4) is 0 Å². The van der Waals surface area contributed by atoms with Gasteiger partial charge in [-0.15, -0.1) is 0 Å². The van der Waals surface area contributed by atoms with E-state index in [2.05, 4.69) is 18.9 Å². The molecule has 4 rings (SSSR count). The molecule has 4 aliphatic rings. The zero-order valence-electron chi connectivity index (χ0n) is 36.4. The van der Waals surface area contributed by atoms with Gasteiger partial charge < -0.3 is 33.5 Å². The van der Waals surface area contributed by atoms with Crippen molar-refractivity contribution >= 4 is 36.2 Å². The molecule has 1 heterocycles. The average molecular weight is 967 g/mol. The number of esters is 3. The van der Waals surface area contributed by atoms with Crippen molar-refractivity contribution in [2.45, 2.75) is 154 Å². The Labute approximate surface area is 363 Å². The zero-order chi connectivity index (χ0) is 50.2. The Kier molecular flexibility index (Phi) is 14.1. The summed E-state index contributed by atoms with van der Waals surface area (Å²) < 4.78 is 209. The van der Waals surface area contributed by atoms with Crippen molar-refractivity contribution in [1.29, 1.82) is 0 Å².